The molecule has 2 heterocycles. The van der Waals surface area contributed by atoms with Crippen LogP contribution in [0.25, 0.3) is 10.9 Å². The summed E-state index contributed by atoms with van der Waals surface area (Å²) in [5.74, 6) is -0.196. The Balaban J connectivity index is 1.97. The fourth-order valence-corrected chi connectivity index (χ4v) is 4.01. The van der Waals surface area contributed by atoms with Gasteiger partial charge in [0.05, 0.1) is 18.8 Å². The van der Waals surface area contributed by atoms with Crippen LogP contribution in [0.15, 0.2) is 36.5 Å². The van der Waals surface area contributed by atoms with E-state index in [0.717, 1.165) is 0 Å². The summed E-state index contributed by atoms with van der Waals surface area (Å²) in [6.07, 6.45) is -4.74. The fourth-order valence-electron chi connectivity index (χ4n) is 4.01. The molecular formula is C22H24F4N2O2. The molecule has 0 bridgehead atoms. The van der Waals surface area contributed by atoms with E-state index in [-0.39, 0.29) is 5.69 Å². The Hall–Kier alpha value is -2.61. The monoisotopic (exact) mass is 424 g/mol. The lowest BCUT2D eigenvalue weighted by Crippen LogP contribution is -2.51. The number of alkyl halides is 3. The van der Waals surface area contributed by atoms with Crippen molar-refractivity contribution < 1.29 is 27.4 Å². The first-order valence-corrected chi connectivity index (χ1v) is 9.42. The van der Waals surface area contributed by atoms with Gasteiger partial charge in [0.1, 0.15) is 5.82 Å². The van der Waals surface area contributed by atoms with Crippen molar-refractivity contribution in [2.45, 2.75) is 50.8 Å². The highest BCUT2D eigenvalue weighted by atomic mass is 19.4. The molecule has 3 aromatic rings. The maximum atomic E-state index is 14.0. The van der Waals surface area contributed by atoms with Gasteiger partial charge in [-0.1, -0.05) is 19.9 Å². The van der Waals surface area contributed by atoms with Crippen LogP contribution in [0.5, 0.6) is 5.88 Å². The third-order valence-corrected chi connectivity index (χ3v) is 5.42. The molecule has 0 amide bonds. The molecule has 3 rings (SSSR count). The molecule has 0 saturated heterocycles. The molecule has 0 radical (unpaired) electrons. The van der Waals surface area contributed by atoms with Crippen molar-refractivity contribution in [3.05, 3.63) is 59.2 Å². The molecule has 0 aliphatic rings. The molecule has 2 aromatic heterocycles. The number of halogens is 4. The molecule has 4 nitrogen and oxygen atoms in total. The molecule has 0 fully saturated rings. The number of H-pyrrole nitrogens is 1. The lowest BCUT2D eigenvalue weighted by atomic mass is 9.72. The van der Waals surface area contributed by atoms with E-state index in [2.05, 4.69) is 9.97 Å². The Labute approximate surface area is 171 Å². The molecule has 0 saturated carbocycles. The summed E-state index contributed by atoms with van der Waals surface area (Å²) in [7, 11) is 1.45. The number of aryl methyl sites for hydroxylation is 1. The summed E-state index contributed by atoms with van der Waals surface area (Å²) < 4.78 is 60.9. The van der Waals surface area contributed by atoms with Crippen molar-refractivity contribution >= 4 is 10.9 Å². The Morgan fingerprint density at radius 3 is 2.47 bits per heavy atom. The molecule has 1 aromatic carbocycles. The van der Waals surface area contributed by atoms with Gasteiger partial charge in [0.15, 0.2) is 5.60 Å². The minimum absolute atomic E-state index is 0.214. The predicted octanol–water partition coefficient (Wildman–Crippen LogP) is 5.22. The highest BCUT2D eigenvalue weighted by Crippen LogP contribution is 2.44. The Bertz CT molecular complexity index is 1060. The second kappa shape index (κ2) is 7.58. The van der Waals surface area contributed by atoms with E-state index < -0.39 is 35.9 Å². The quantitative estimate of drug-likeness (QED) is 0.533. The van der Waals surface area contributed by atoms with Gasteiger partial charge < -0.3 is 14.8 Å². The van der Waals surface area contributed by atoms with Gasteiger partial charge in [-0.2, -0.15) is 13.2 Å². The molecular weight excluding hydrogens is 400 g/mol. The number of aromatic amines is 1. The normalized spacial score (nSPS) is 14.7. The standard InChI is InChI=1S/C22H24F4N2O2/c1-13-5-6-15(23)9-17(13)20(2,3)12-21(29,22(24,25)26)10-16-7-14-8-19(30-4)27-11-18(14)28-16/h5-9,11,28-29H,10,12H2,1-4H3. The third kappa shape index (κ3) is 4.28. The molecule has 2 N–H and O–H groups in total. The van der Waals surface area contributed by atoms with E-state index in [4.69, 9.17) is 4.74 Å². The van der Waals surface area contributed by atoms with E-state index in [1.54, 1.807) is 26.8 Å². The van der Waals surface area contributed by atoms with E-state index in [1.165, 1.54) is 37.6 Å². The zero-order chi connectivity index (χ0) is 22.3. The highest BCUT2D eigenvalue weighted by molar-refractivity contribution is 5.80. The van der Waals surface area contributed by atoms with Crippen LogP contribution in [0.3, 0.4) is 0 Å². The van der Waals surface area contributed by atoms with Crippen molar-refractivity contribution in [2.75, 3.05) is 7.11 Å². The topological polar surface area (TPSA) is 58.1 Å². The van der Waals surface area contributed by atoms with Crippen molar-refractivity contribution in [2.24, 2.45) is 0 Å². The molecule has 1 atom stereocenters. The van der Waals surface area contributed by atoms with Gasteiger partial charge in [0.2, 0.25) is 5.88 Å². The van der Waals surface area contributed by atoms with Crippen molar-refractivity contribution in [3.8, 4) is 5.88 Å². The number of nitrogens with zero attached hydrogens (tertiary/aromatic N) is 1. The minimum Gasteiger partial charge on any atom is -0.481 e. The van der Waals surface area contributed by atoms with Crippen LogP contribution >= 0.6 is 0 Å². The summed E-state index contributed by atoms with van der Waals surface area (Å²) in [4.78, 5) is 6.91. The lowest BCUT2D eigenvalue weighted by molar-refractivity contribution is -0.266. The van der Waals surface area contributed by atoms with Crippen LogP contribution in [-0.4, -0.2) is 34.0 Å². The molecule has 8 heteroatoms. The molecule has 1 unspecified atom stereocenters. The number of pyridine rings is 1. The Morgan fingerprint density at radius 2 is 1.83 bits per heavy atom. The minimum atomic E-state index is -4.89. The number of methoxy groups -OCH3 is 1. The van der Waals surface area contributed by atoms with E-state index in [1.807, 2.05) is 0 Å². The van der Waals surface area contributed by atoms with Crippen LogP contribution in [0.1, 0.15) is 37.1 Å². The largest absolute Gasteiger partial charge is 0.481 e. The molecule has 162 valence electrons. The number of nitrogens with one attached hydrogen (secondary N) is 1. The number of hydrogen-bond donors (Lipinski definition) is 2. The van der Waals surface area contributed by atoms with Gasteiger partial charge in [0.25, 0.3) is 0 Å². The van der Waals surface area contributed by atoms with Crippen LogP contribution in [0.2, 0.25) is 0 Å². The summed E-state index contributed by atoms with van der Waals surface area (Å²) in [6, 6.07) is 7.15. The molecule has 30 heavy (non-hydrogen) atoms. The van der Waals surface area contributed by atoms with E-state index >= 15 is 0 Å². The van der Waals surface area contributed by atoms with Gasteiger partial charge in [-0.15, -0.1) is 0 Å². The van der Waals surface area contributed by atoms with Gasteiger partial charge in [-0.25, -0.2) is 9.37 Å². The summed E-state index contributed by atoms with van der Waals surface area (Å²) in [5, 5.41) is 11.4. The van der Waals surface area contributed by atoms with E-state index in [9.17, 15) is 22.7 Å². The number of rotatable bonds is 6. The highest BCUT2D eigenvalue weighted by Gasteiger charge is 2.56. The zero-order valence-electron chi connectivity index (χ0n) is 17.2. The first kappa shape index (κ1) is 22.1. The van der Waals surface area contributed by atoms with E-state index in [0.29, 0.717) is 27.9 Å². The van der Waals surface area contributed by atoms with Crippen molar-refractivity contribution in [3.63, 3.8) is 0 Å². The molecule has 0 aliphatic heterocycles. The maximum Gasteiger partial charge on any atom is 0.417 e. The van der Waals surface area contributed by atoms with Crippen LogP contribution < -0.4 is 4.74 Å². The fraction of sp³-hybridized carbons (Fsp3) is 0.409. The van der Waals surface area contributed by atoms with Gasteiger partial charge >= 0.3 is 6.18 Å². The van der Waals surface area contributed by atoms with Gasteiger partial charge in [0, 0.05) is 23.6 Å². The summed E-state index contributed by atoms with van der Waals surface area (Å²) in [6.45, 7) is 4.86. The smallest absolute Gasteiger partial charge is 0.417 e. The number of hydrogen-bond acceptors (Lipinski definition) is 3. The second-order valence-electron chi connectivity index (χ2n) is 8.33. The van der Waals surface area contributed by atoms with Crippen LogP contribution in [0, 0.1) is 12.7 Å². The van der Waals surface area contributed by atoms with Crippen LogP contribution in [-0.2, 0) is 11.8 Å². The number of benzene rings is 1. The number of aliphatic hydroxyl groups is 1. The summed E-state index contributed by atoms with van der Waals surface area (Å²) in [5.41, 5.74) is -2.31. The van der Waals surface area contributed by atoms with Crippen molar-refractivity contribution in [1.82, 2.24) is 9.97 Å². The van der Waals surface area contributed by atoms with Gasteiger partial charge in [-0.3, -0.25) is 0 Å². The first-order valence-electron chi connectivity index (χ1n) is 9.42. The maximum absolute atomic E-state index is 14.0. The second-order valence-corrected chi connectivity index (χ2v) is 8.33. The Kier molecular flexibility index (Phi) is 5.58. The van der Waals surface area contributed by atoms with Gasteiger partial charge in [-0.05, 0) is 48.1 Å². The lowest BCUT2D eigenvalue weighted by Gasteiger charge is -2.38. The zero-order valence-corrected chi connectivity index (χ0v) is 17.2. The third-order valence-electron chi connectivity index (χ3n) is 5.42. The first-order chi connectivity index (χ1) is 13.8. The van der Waals surface area contributed by atoms with Crippen LogP contribution in [0.4, 0.5) is 17.6 Å². The average Bonchev–Trinajstić information content (AvgIpc) is 3.03. The predicted molar refractivity (Wildman–Crippen MR) is 106 cm³/mol. The van der Waals surface area contributed by atoms with Crippen molar-refractivity contribution in [1.29, 1.82) is 0 Å². The Morgan fingerprint density at radius 1 is 1.13 bits per heavy atom. The number of aromatic nitrogens is 2. The molecule has 0 spiro atoms. The molecule has 0 aliphatic carbocycles. The SMILES string of the molecule is COc1cc2cc(CC(O)(CC(C)(C)c3cc(F)ccc3C)C(F)(F)F)[nH]c2cn1. The number of fused-ring (bicyclic) bond motifs is 1. The number of ether oxygens (including phenoxy) is 1. The average molecular weight is 424 g/mol. The summed E-state index contributed by atoms with van der Waals surface area (Å²) >= 11 is 0.